The van der Waals surface area contributed by atoms with Crippen LogP contribution in [0.25, 0.3) is 0 Å². The summed E-state index contributed by atoms with van der Waals surface area (Å²) in [4.78, 5) is 25.1. The molecule has 0 saturated carbocycles. The summed E-state index contributed by atoms with van der Waals surface area (Å²) < 4.78 is 5.14. The molecule has 0 fully saturated rings. The Kier molecular flexibility index (Phi) is 5.14. The van der Waals surface area contributed by atoms with E-state index < -0.39 is 0 Å². The lowest BCUT2D eigenvalue weighted by molar-refractivity contribution is -0.115. The third kappa shape index (κ3) is 3.19. The van der Waals surface area contributed by atoms with Crippen molar-refractivity contribution in [2.45, 2.75) is 32.6 Å². The SMILES string of the molecule is CCOC(=O)c1c(NC(=O)CNC)sc2c1CCCC2. The molecule has 0 radical (unpaired) electrons. The van der Waals surface area contributed by atoms with Crippen molar-refractivity contribution in [3.8, 4) is 0 Å². The second kappa shape index (κ2) is 6.85. The molecule has 1 heterocycles. The summed E-state index contributed by atoms with van der Waals surface area (Å²) in [7, 11) is 1.71. The number of anilines is 1. The first-order valence-corrected chi connectivity index (χ1v) is 7.75. The lowest BCUT2D eigenvalue weighted by atomic mass is 9.95. The molecule has 5 nitrogen and oxygen atoms in total. The van der Waals surface area contributed by atoms with E-state index in [1.807, 2.05) is 0 Å². The zero-order valence-corrected chi connectivity index (χ0v) is 12.7. The molecule has 20 heavy (non-hydrogen) atoms. The number of hydrogen-bond donors (Lipinski definition) is 2. The van der Waals surface area contributed by atoms with Crippen LogP contribution in [0.1, 0.15) is 40.6 Å². The molecule has 1 amide bonds. The van der Waals surface area contributed by atoms with Crippen LogP contribution in [0.2, 0.25) is 0 Å². The van der Waals surface area contributed by atoms with Gasteiger partial charge in [0, 0.05) is 4.88 Å². The first kappa shape index (κ1) is 15.0. The Balaban J connectivity index is 2.31. The number of hydrogen-bond acceptors (Lipinski definition) is 5. The smallest absolute Gasteiger partial charge is 0.341 e. The summed E-state index contributed by atoms with van der Waals surface area (Å²) >= 11 is 1.51. The minimum atomic E-state index is -0.327. The van der Waals surface area contributed by atoms with E-state index in [1.165, 1.54) is 16.2 Å². The number of ether oxygens (including phenoxy) is 1. The largest absolute Gasteiger partial charge is 0.462 e. The van der Waals surface area contributed by atoms with Crippen molar-refractivity contribution in [1.29, 1.82) is 0 Å². The van der Waals surface area contributed by atoms with Gasteiger partial charge in [-0.05, 0) is 45.2 Å². The summed E-state index contributed by atoms with van der Waals surface area (Å²) in [5.74, 6) is -0.469. The van der Waals surface area contributed by atoms with Crippen LogP contribution in [0.15, 0.2) is 0 Å². The molecule has 0 atom stereocenters. The maximum absolute atomic E-state index is 12.2. The van der Waals surface area contributed by atoms with Gasteiger partial charge in [-0.2, -0.15) is 0 Å². The molecule has 1 aromatic rings. The maximum atomic E-state index is 12.2. The van der Waals surface area contributed by atoms with Crippen LogP contribution in [0, 0.1) is 0 Å². The standard InChI is InChI=1S/C14H20N2O3S/c1-3-19-14(18)12-9-6-4-5-7-10(9)20-13(12)16-11(17)8-15-2/h15H,3-8H2,1-2H3,(H,16,17). The van der Waals surface area contributed by atoms with E-state index in [0.717, 1.165) is 31.2 Å². The van der Waals surface area contributed by atoms with Crippen LogP contribution in [-0.4, -0.2) is 32.1 Å². The van der Waals surface area contributed by atoms with E-state index in [1.54, 1.807) is 14.0 Å². The zero-order chi connectivity index (χ0) is 14.5. The number of nitrogens with one attached hydrogen (secondary N) is 2. The first-order valence-electron chi connectivity index (χ1n) is 6.93. The van der Waals surface area contributed by atoms with E-state index in [9.17, 15) is 9.59 Å². The van der Waals surface area contributed by atoms with Gasteiger partial charge in [0.05, 0.1) is 18.7 Å². The Bertz CT molecular complexity index is 511. The minimum absolute atomic E-state index is 0.142. The Morgan fingerprint density at radius 3 is 2.75 bits per heavy atom. The number of rotatable bonds is 5. The molecule has 0 unspecified atom stereocenters. The number of thiophene rings is 1. The van der Waals surface area contributed by atoms with Crippen LogP contribution in [0.5, 0.6) is 0 Å². The third-order valence-electron chi connectivity index (χ3n) is 3.24. The molecular weight excluding hydrogens is 276 g/mol. The van der Waals surface area contributed by atoms with Gasteiger partial charge in [0.15, 0.2) is 0 Å². The Labute approximate surface area is 122 Å². The van der Waals surface area contributed by atoms with Gasteiger partial charge in [0.2, 0.25) is 5.91 Å². The summed E-state index contributed by atoms with van der Waals surface area (Å²) in [5, 5.41) is 6.26. The normalized spacial score (nSPS) is 13.7. The highest BCUT2D eigenvalue weighted by Crippen LogP contribution is 2.38. The number of fused-ring (bicyclic) bond motifs is 1. The number of carbonyl (C=O) groups is 2. The molecule has 1 aliphatic carbocycles. The second-order valence-electron chi connectivity index (χ2n) is 4.71. The van der Waals surface area contributed by atoms with Crippen molar-refractivity contribution in [3.63, 3.8) is 0 Å². The number of esters is 1. The highest BCUT2D eigenvalue weighted by Gasteiger charge is 2.26. The van der Waals surface area contributed by atoms with Crippen molar-refractivity contribution in [3.05, 3.63) is 16.0 Å². The van der Waals surface area contributed by atoms with E-state index >= 15 is 0 Å². The second-order valence-corrected chi connectivity index (χ2v) is 5.82. The predicted molar refractivity (Wildman–Crippen MR) is 79.5 cm³/mol. The van der Waals surface area contributed by atoms with Crippen LogP contribution in [0.4, 0.5) is 5.00 Å². The maximum Gasteiger partial charge on any atom is 0.341 e. The minimum Gasteiger partial charge on any atom is -0.462 e. The van der Waals surface area contributed by atoms with E-state index in [0.29, 0.717) is 17.2 Å². The third-order valence-corrected chi connectivity index (χ3v) is 4.45. The van der Waals surface area contributed by atoms with E-state index in [2.05, 4.69) is 10.6 Å². The van der Waals surface area contributed by atoms with Crippen LogP contribution in [-0.2, 0) is 22.4 Å². The molecule has 0 bridgehead atoms. The topological polar surface area (TPSA) is 67.4 Å². The quantitative estimate of drug-likeness (QED) is 0.815. The van der Waals surface area contributed by atoms with Crippen molar-refractivity contribution in [1.82, 2.24) is 5.32 Å². The van der Waals surface area contributed by atoms with Crippen molar-refractivity contribution < 1.29 is 14.3 Å². The molecule has 0 spiro atoms. The van der Waals surface area contributed by atoms with Gasteiger partial charge < -0.3 is 15.4 Å². The Morgan fingerprint density at radius 1 is 1.30 bits per heavy atom. The van der Waals surface area contributed by atoms with Crippen molar-refractivity contribution >= 4 is 28.2 Å². The van der Waals surface area contributed by atoms with Crippen LogP contribution in [0.3, 0.4) is 0 Å². The van der Waals surface area contributed by atoms with Crippen LogP contribution >= 0.6 is 11.3 Å². The number of aryl methyl sites for hydroxylation is 1. The molecule has 2 rings (SSSR count). The van der Waals surface area contributed by atoms with Gasteiger partial charge in [0.1, 0.15) is 5.00 Å². The fraction of sp³-hybridized carbons (Fsp3) is 0.571. The summed E-state index contributed by atoms with van der Waals surface area (Å²) in [6.07, 6.45) is 4.09. The fourth-order valence-electron chi connectivity index (χ4n) is 2.40. The predicted octanol–water partition coefficient (Wildman–Crippen LogP) is 1.96. The van der Waals surface area contributed by atoms with E-state index in [4.69, 9.17) is 4.74 Å². The van der Waals surface area contributed by atoms with Crippen LogP contribution < -0.4 is 10.6 Å². The fourth-order valence-corrected chi connectivity index (χ4v) is 3.70. The monoisotopic (exact) mass is 296 g/mol. The summed E-state index contributed by atoms with van der Waals surface area (Å²) in [6, 6.07) is 0. The molecule has 0 aromatic carbocycles. The average Bonchev–Trinajstić information content (AvgIpc) is 2.76. The zero-order valence-electron chi connectivity index (χ0n) is 11.9. The highest BCUT2D eigenvalue weighted by atomic mass is 32.1. The summed E-state index contributed by atoms with van der Waals surface area (Å²) in [5.41, 5.74) is 1.63. The van der Waals surface area contributed by atoms with Gasteiger partial charge in [-0.1, -0.05) is 0 Å². The Hall–Kier alpha value is -1.40. The number of amides is 1. The molecule has 110 valence electrons. The summed E-state index contributed by atoms with van der Waals surface area (Å²) in [6.45, 7) is 2.36. The van der Waals surface area contributed by atoms with E-state index in [-0.39, 0.29) is 18.4 Å². The van der Waals surface area contributed by atoms with Gasteiger partial charge in [-0.25, -0.2) is 4.79 Å². The first-order chi connectivity index (χ1) is 9.67. The lowest BCUT2D eigenvalue weighted by Gasteiger charge is -2.12. The number of likely N-dealkylation sites (N-methyl/N-ethyl adjacent to an activating group) is 1. The number of carbonyl (C=O) groups excluding carboxylic acids is 2. The molecular formula is C14H20N2O3S. The molecule has 0 saturated heterocycles. The van der Waals surface area contributed by atoms with Gasteiger partial charge >= 0.3 is 5.97 Å². The molecule has 2 N–H and O–H groups in total. The highest BCUT2D eigenvalue weighted by molar-refractivity contribution is 7.17. The van der Waals surface area contributed by atoms with Crippen molar-refractivity contribution in [2.24, 2.45) is 0 Å². The average molecular weight is 296 g/mol. The molecule has 1 aromatic heterocycles. The molecule has 6 heteroatoms. The lowest BCUT2D eigenvalue weighted by Crippen LogP contribution is -2.25. The Morgan fingerprint density at radius 2 is 2.05 bits per heavy atom. The van der Waals surface area contributed by atoms with Gasteiger partial charge in [0.25, 0.3) is 0 Å². The van der Waals surface area contributed by atoms with Gasteiger partial charge in [-0.3, -0.25) is 4.79 Å². The molecule has 0 aliphatic heterocycles. The van der Waals surface area contributed by atoms with Crippen molar-refractivity contribution in [2.75, 3.05) is 25.5 Å². The van der Waals surface area contributed by atoms with Gasteiger partial charge in [-0.15, -0.1) is 11.3 Å². The molecule has 1 aliphatic rings.